The van der Waals surface area contributed by atoms with Crippen LogP contribution in [-0.4, -0.2) is 28.1 Å². The van der Waals surface area contributed by atoms with E-state index in [2.05, 4.69) is 9.98 Å². The van der Waals surface area contributed by atoms with Gasteiger partial charge < -0.3 is 19.8 Å². The Morgan fingerprint density at radius 3 is 2.80 bits per heavy atom. The highest BCUT2D eigenvalue weighted by atomic mass is 16.5. The zero-order valence-corrected chi connectivity index (χ0v) is 11.2. The SMILES string of the molecule is COc1cccc2c1N=C(C)N(c1cc(O)[nH]c1O)C2. The number of rotatable bonds is 2. The molecule has 3 rings (SSSR count). The molecule has 6 heteroatoms. The molecule has 0 unspecified atom stereocenters. The third-order valence-corrected chi connectivity index (χ3v) is 3.35. The van der Waals surface area contributed by atoms with Crippen LogP contribution in [0.4, 0.5) is 11.4 Å². The first-order chi connectivity index (χ1) is 9.60. The van der Waals surface area contributed by atoms with Gasteiger partial charge in [-0.1, -0.05) is 12.1 Å². The van der Waals surface area contributed by atoms with E-state index in [0.717, 1.165) is 22.8 Å². The summed E-state index contributed by atoms with van der Waals surface area (Å²) >= 11 is 0. The normalized spacial score (nSPS) is 13.9. The number of hydrogen-bond donors (Lipinski definition) is 3. The summed E-state index contributed by atoms with van der Waals surface area (Å²) in [6.07, 6.45) is 0. The molecule has 2 heterocycles. The number of aliphatic imine (C=N–C) groups is 1. The minimum Gasteiger partial charge on any atom is -0.494 e. The number of aromatic hydroxyl groups is 2. The van der Waals surface area contributed by atoms with E-state index in [1.165, 1.54) is 6.07 Å². The number of anilines is 1. The number of nitrogens with zero attached hydrogens (tertiary/aromatic N) is 2. The molecule has 3 N–H and O–H groups in total. The Hall–Kier alpha value is -2.63. The second-order valence-corrected chi connectivity index (χ2v) is 4.60. The smallest absolute Gasteiger partial charge is 0.215 e. The van der Waals surface area contributed by atoms with Gasteiger partial charge in [-0.05, 0) is 13.0 Å². The average molecular weight is 273 g/mol. The lowest BCUT2D eigenvalue weighted by atomic mass is 10.1. The predicted molar refractivity (Wildman–Crippen MR) is 76.1 cm³/mol. The van der Waals surface area contributed by atoms with Crippen LogP contribution in [0.5, 0.6) is 17.5 Å². The van der Waals surface area contributed by atoms with Gasteiger partial charge in [0.1, 0.15) is 23.0 Å². The highest BCUT2D eigenvalue weighted by Gasteiger charge is 2.24. The van der Waals surface area contributed by atoms with Crippen LogP contribution in [-0.2, 0) is 6.54 Å². The Morgan fingerprint density at radius 2 is 2.15 bits per heavy atom. The van der Waals surface area contributed by atoms with Gasteiger partial charge in [0.05, 0.1) is 13.7 Å². The maximum atomic E-state index is 9.81. The van der Waals surface area contributed by atoms with E-state index in [1.807, 2.05) is 30.0 Å². The van der Waals surface area contributed by atoms with Gasteiger partial charge >= 0.3 is 0 Å². The fourth-order valence-electron chi connectivity index (χ4n) is 2.38. The molecule has 0 fully saturated rings. The molecule has 0 atom stereocenters. The second kappa shape index (κ2) is 4.48. The van der Waals surface area contributed by atoms with E-state index in [1.54, 1.807) is 7.11 Å². The van der Waals surface area contributed by atoms with Gasteiger partial charge in [-0.2, -0.15) is 0 Å². The van der Waals surface area contributed by atoms with Crippen LogP contribution in [0, 0.1) is 0 Å². The molecule has 1 aromatic carbocycles. The molecule has 0 aliphatic carbocycles. The number of methoxy groups -OCH3 is 1. The van der Waals surface area contributed by atoms with Crippen LogP contribution in [0.3, 0.4) is 0 Å². The summed E-state index contributed by atoms with van der Waals surface area (Å²) in [5.41, 5.74) is 2.30. The molecule has 0 radical (unpaired) electrons. The number of hydrogen-bond acceptors (Lipinski definition) is 5. The first-order valence-corrected chi connectivity index (χ1v) is 6.20. The molecule has 0 bridgehead atoms. The van der Waals surface area contributed by atoms with Crippen molar-refractivity contribution in [2.45, 2.75) is 13.5 Å². The minimum atomic E-state index is -0.0817. The van der Waals surface area contributed by atoms with Gasteiger partial charge in [0.2, 0.25) is 5.88 Å². The van der Waals surface area contributed by atoms with E-state index < -0.39 is 0 Å². The summed E-state index contributed by atoms with van der Waals surface area (Å²) < 4.78 is 5.31. The van der Waals surface area contributed by atoms with Crippen LogP contribution in [0.1, 0.15) is 12.5 Å². The van der Waals surface area contributed by atoms with Crippen molar-refractivity contribution >= 4 is 17.2 Å². The molecule has 0 saturated carbocycles. The van der Waals surface area contributed by atoms with Gasteiger partial charge in [-0.3, -0.25) is 4.98 Å². The molecule has 0 saturated heterocycles. The topological polar surface area (TPSA) is 81.1 Å². The zero-order chi connectivity index (χ0) is 14.3. The van der Waals surface area contributed by atoms with Crippen molar-refractivity contribution in [3.8, 4) is 17.5 Å². The fourth-order valence-corrected chi connectivity index (χ4v) is 2.38. The van der Waals surface area contributed by atoms with Crippen molar-refractivity contribution in [1.82, 2.24) is 4.98 Å². The van der Waals surface area contributed by atoms with E-state index in [9.17, 15) is 10.2 Å². The monoisotopic (exact) mass is 273 g/mol. The third kappa shape index (κ3) is 1.85. The van der Waals surface area contributed by atoms with Crippen molar-refractivity contribution in [2.75, 3.05) is 12.0 Å². The van der Waals surface area contributed by atoms with E-state index in [4.69, 9.17) is 4.74 Å². The average Bonchev–Trinajstić information content (AvgIpc) is 2.76. The molecule has 1 aromatic heterocycles. The first-order valence-electron chi connectivity index (χ1n) is 6.20. The zero-order valence-electron chi connectivity index (χ0n) is 11.2. The molecular formula is C14H15N3O3. The number of benzene rings is 1. The van der Waals surface area contributed by atoms with Crippen LogP contribution in [0.2, 0.25) is 0 Å². The standard InChI is InChI=1S/C14H15N3O3/c1-8-15-13-9(4-3-5-11(13)20-2)7-17(8)10-6-12(18)16-14(10)19/h3-6,16,18-19H,7H2,1-2H3. The number of aromatic nitrogens is 1. The van der Waals surface area contributed by atoms with Crippen molar-refractivity contribution in [2.24, 2.45) is 4.99 Å². The van der Waals surface area contributed by atoms with Gasteiger partial charge in [0, 0.05) is 11.6 Å². The van der Waals surface area contributed by atoms with Crippen molar-refractivity contribution < 1.29 is 14.9 Å². The van der Waals surface area contributed by atoms with Crippen LogP contribution in [0.25, 0.3) is 0 Å². The fraction of sp³-hybridized carbons (Fsp3) is 0.214. The highest BCUT2D eigenvalue weighted by Crippen LogP contribution is 2.39. The largest absolute Gasteiger partial charge is 0.494 e. The molecule has 0 amide bonds. The van der Waals surface area contributed by atoms with Gasteiger partial charge in [0.15, 0.2) is 5.88 Å². The maximum Gasteiger partial charge on any atom is 0.215 e. The predicted octanol–water partition coefficient (Wildman–Crippen LogP) is 2.50. The molecule has 104 valence electrons. The molecule has 2 aromatic rings. The molecule has 0 spiro atoms. The number of H-pyrrole nitrogens is 1. The molecule has 1 aliphatic rings. The number of ether oxygens (including phenoxy) is 1. The second-order valence-electron chi connectivity index (χ2n) is 4.60. The van der Waals surface area contributed by atoms with E-state index in [-0.39, 0.29) is 11.8 Å². The van der Waals surface area contributed by atoms with Crippen LogP contribution >= 0.6 is 0 Å². The summed E-state index contributed by atoms with van der Waals surface area (Å²) in [4.78, 5) is 8.82. The van der Waals surface area contributed by atoms with E-state index in [0.29, 0.717) is 12.2 Å². The Bertz CT molecular complexity index is 691. The number of fused-ring (bicyclic) bond motifs is 1. The Labute approximate surface area is 116 Å². The Kier molecular flexibility index (Phi) is 2.78. The lowest BCUT2D eigenvalue weighted by Crippen LogP contribution is -2.30. The lowest BCUT2D eigenvalue weighted by Gasteiger charge is -2.28. The third-order valence-electron chi connectivity index (χ3n) is 3.35. The van der Waals surface area contributed by atoms with E-state index >= 15 is 0 Å². The molecular weight excluding hydrogens is 258 g/mol. The highest BCUT2D eigenvalue weighted by molar-refractivity contribution is 6.01. The molecule has 20 heavy (non-hydrogen) atoms. The van der Waals surface area contributed by atoms with Gasteiger partial charge in [-0.25, -0.2) is 4.99 Å². The number of para-hydroxylation sites is 1. The molecule has 1 aliphatic heterocycles. The van der Waals surface area contributed by atoms with Gasteiger partial charge in [0.25, 0.3) is 0 Å². The quantitative estimate of drug-likeness (QED) is 0.785. The minimum absolute atomic E-state index is 0.0802. The summed E-state index contributed by atoms with van der Waals surface area (Å²) in [6, 6.07) is 7.20. The van der Waals surface area contributed by atoms with Crippen LogP contribution in [0.15, 0.2) is 29.3 Å². The molecule has 6 nitrogen and oxygen atoms in total. The Morgan fingerprint density at radius 1 is 1.35 bits per heavy atom. The van der Waals surface area contributed by atoms with Crippen molar-refractivity contribution in [3.05, 3.63) is 29.8 Å². The summed E-state index contributed by atoms with van der Waals surface area (Å²) in [5, 5.41) is 19.2. The summed E-state index contributed by atoms with van der Waals surface area (Å²) in [6.45, 7) is 2.39. The van der Waals surface area contributed by atoms with Gasteiger partial charge in [-0.15, -0.1) is 0 Å². The first kappa shape index (κ1) is 12.4. The van der Waals surface area contributed by atoms with Crippen molar-refractivity contribution in [3.63, 3.8) is 0 Å². The lowest BCUT2D eigenvalue weighted by molar-refractivity contribution is 0.415. The number of amidine groups is 1. The number of nitrogens with one attached hydrogen (secondary N) is 1. The Balaban J connectivity index is 2.06. The summed E-state index contributed by atoms with van der Waals surface area (Å²) in [5.74, 6) is 1.28. The maximum absolute atomic E-state index is 9.81. The number of aromatic amines is 1. The summed E-state index contributed by atoms with van der Waals surface area (Å²) in [7, 11) is 1.61. The van der Waals surface area contributed by atoms with Crippen LogP contribution < -0.4 is 9.64 Å². The van der Waals surface area contributed by atoms with Crippen molar-refractivity contribution in [1.29, 1.82) is 0 Å².